The van der Waals surface area contributed by atoms with Crippen LogP contribution in [0.1, 0.15) is 55.4 Å². The molecule has 194 valence electrons. The van der Waals surface area contributed by atoms with Crippen molar-refractivity contribution >= 4 is 32.7 Å². The van der Waals surface area contributed by atoms with E-state index in [4.69, 9.17) is 0 Å². The summed E-state index contributed by atoms with van der Waals surface area (Å²) in [6, 6.07) is 11.0. The third-order valence-corrected chi connectivity index (χ3v) is 8.99. The van der Waals surface area contributed by atoms with E-state index in [0.717, 1.165) is 30.2 Å². The van der Waals surface area contributed by atoms with Crippen molar-refractivity contribution in [2.75, 3.05) is 19.3 Å². The molecule has 1 aliphatic carbocycles. The highest BCUT2D eigenvalue weighted by atomic mass is 32.2. The summed E-state index contributed by atoms with van der Waals surface area (Å²) in [5, 5.41) is 16.7. The number of piperidine rings is 1. The lowest BCUT2D eigenvalue weighted by Gasteiger charge is -2.33. The molecule has 4 rings (SSSR count). The second-order valence-corrected chi connectivity index (χ2v) is 12.1. The first-order chi connectivity index (χ1) is 17.2. The van der Waals surface area contributed by atoms with Crippen LogP contribution in [0, 0.1) is 23.2 Å². The number of benzene rings is 1. The molecule has 2 aromatic rings. The first kappa shape index (κ1) is 26.2. The van der Waals surface area contributed by atoms with Gasteiger partial charge in [-0.25, -0.2) is 12.7 Å². The van der Waals surface area contributed by atoms with Crippen LogP contribution in [-0.4, -0.2) is 60.5 Å². The molecule has 2 amide bonds. The average molecular weight is 514 g/mol. The monoisotopic (exact) mass is 513 g/mol. The van der Waals surface area contributed by atoms with Crippen molar-refractivity contribution in [2.24, 2.45) is 18.9 Å². The number of para-hydroxylation sites is 1. The third-order valence-electron chi connectivity index (χ3n) is 7.69. The number of sulfonamides is 1. The fraction of sp³-hybridized carbons (Fsp3) is 0.577. The maximum atomic E-state index is 13.2. The van der Waals surface area contributed by atoms with Gasteiger partial charge in [-0.15, -0.1) is 0 Å². The standard InChI is InChI=1S/C26H35N5O4S/c1-30-23-10-6-3-7-19(23)16-24(30)26(33)29-22-9-5-4-8-21(22)25(32)28-20(17-27)15-18-11-13-31(14-12-18)36(2,34)35/h3,6-7,10,16,18,20-22H,4-5,8-9,11-15H2,1-2H3,(H,28,32)(H,29,33). The van der Waals surface area contributed by atoms with Gasteiger partial charge in [-0.3, -0.25) is 9.59 Å². The molecule has 0 spiro atoms. The lowest BCUT2D eigenvalue weighted by atomic mass is 9.83. The minimum atomic E-state index is -3.20. The number of amides is 2. The molecular formula is C26H35N5O4S. The summed E-state index contributed by atoms with van der Waals surface area (Å²) in [5.41, 5.74) is 1.52. The first-order valence-corrected chi connectivity index (χ1v) is 14.5. The molecule has 36 heavy (non-hydrogen) atoms. The van der Waals surface area contributed by atoms with Crippen molar-refractivity contribution in [3.63, 3.8) is 0 Å². The topological polar surface area (TPSA) is 124 Å². The molecule has 2 heterocycles. The zero-order valence-corrected chi connectivity index (χ0v) is 21.8. The van der Waals surface area contributed by atoms with Crippen molar-refractivity contribution in [2.45, 2.75) is 57.0 Å². The van der Waals surface area contributed by atoms with Gasteiger partial charge in [-0.1, -0.05) is 31.0 Å². The van der Waals surface area contributed by atoms with E-state index < -0.39 is 16.1 Å². The van der Waals surface area contributed by atoms with Crippen LogP contribution >= 0.6 is 0 Å². The Morgan fingerprint density at radius 1 is 1.14 bits per heavy atom. The van der Waals surface area contributed by atoms with Crippen LogP contribution in [0.15, 0.2) is 30.3 Å². The maximum absolute atomic E-state index is 13.2. The maximum Gasteiger partial charge on any atom is 0.268 e. The largest absolute Gasteiger partial charge is 0.347 e. The Labute approximate surface area is 212 Å². The van der Waals surface area contributed by atoms with Crippen LogP contribution in [0.25, 0.3) is 10.9 Å². The van der Waals surface area contributed by atoms with Crippen molar-refractivity contribution in [1.29, 1.82) is 5.26 Å². The number of hydrogen-bond acceptors (Lipinski definition) is 5. The number of rotatable bonds is 7. The number of nitrogens with zero attached hydrogens (tertiary/aromatic N) is 3. The summed E-state index contributed by atoms with van der Waals surface area (Å²) in [5.74, 6) is -0.605. The van der Waals surface area contributed by atoms with Crippen molar-refractivity contribution in [1.82, 2.24) is 19.5 Å². The Morgan fingerprint density at radius 3 is 2.50 bits per heavy atom. The Bertz CT molecular complexity index is 1260. The Kier molecular flexibility index (Phi) is 8.00. The molecule has 1 aromatic heterocycles. The minimum absolute atomic E-state index is 0.182. The van der Waals surface area contributed by atoms with E-state index in [9.17, 15) is 23.3 Å². The molecule has 2 fully saturated rings. The second kappa shape index (κ2) is 11.0. The number of nitriles is 1. The van der Waals surface area contributed by atoms with Crippen molar-refractivity contribution in [3.8, 4) is 6.07 Å². The SMILES string of the molecule is Cn1c(C(=O)NC2CCCCC2C(=O)NC(C#N)CC2CCN(S(C)(=O)=O)CC2)cc2ccccc21. The number of aryl methyl sites for hydroxylation is 1. The van der Waals surface area contributed by atoms with Gasteiger partial charge < -0.3 is 15.2 Å². The molecule has 1 saturated heterocycles. The van der Waals surface area contributed by atoms with Gasteiger partial charge in [-0.05, 0) is 50.2 Å². The molecule has 3 unspecified atom stereocenters. The summed E-state index contributed by atoms with van der Waals surface area (Å²) >= 11 is 0. The van der Waals surface area contributed by atoms with Gasteiger partial charge in [0.15, 0.2) is 0 Å². The van der Waals surface area contributed by atoms with Crippen LogP contribution in [-0.2, 0) is 21.9 Å². The van der Waals surface area contributed by atoms with Gasteiger partial charge in [0.25, 0.3) is 5.91 Å². The summed E-state index contributed by atoms with van der Waals surface area (Å²) in [4.78, 5) is 26.4. The van der Waals surface area contributed by atoms with Crippen molar-refractivity contribution < 1.29 is 18.0 Å². The fourth-order valence-electron chi connectivity index (χ4n) is 5.60. The fourth-order valence-corrected chi connectivity index (χ4v) is 6.47. The van der Waals surface area contributed by atoms with Gasteiger partial charge in [0, 0.05) is 37.1 Å². The molecule has 2 aliphatic rings. The minimum Gasteiger partial charge on any atom is -0.347 e. The second-order valence-electron chi connectivity index (χ2n) is 10.1. The summed E-state index contributed by atoms with van der Waals surface area (Å²) in [6.45, 7) is 0.890. The molecule has 2 N–H and O–H groups in total. The van der Waals surface area contributed by atoms with E-state index >= 15 is 0 Å². The average Bonchev–Trinajstić information content (AvgIpc) is 3.20. The predicted octanol–water partition coefficient (Wildman–Crippen LogP) is 2.54. The van der Waals surface area contributed by atoms with Crippen LogP contribution in [0.3, 0.4) is 0 Å². The number of fused-ring (bicyclic) bond motifs is 1. The number of aromatic nitrogens is 1. The molecule has 1 saturated carbocycles. The highest BCUT2D eigenvalue weighted by Crippen LogP contribution is 2.27. The van der Waals surface area contributed by atoms with E-state index in [-0.39, 0.29) is 29.7 Å². The quantitative estimate of drug-likeness (QED) is 0.589. The van der Waals surface area contributed by atoms with E-state index in [1.54, 1.807) is 0 Å². The lowest BCUT2D eigenvalue weighted by molar-refractivity contribution is -0.127. The van der Waals surface area contributed by atoms with Gasteiger partial charge in [0.2, 0.25) is 15.9 Å². The van der Waals surface area contributed by atoms with E-state index in [0.29, 0.717) is 44.5 Å². The molecular weight excluding hydrogens is 478 g/mol. The highest BCUT2D eigenvalue weighted by molar-refractivity contribution is 7.88. The summed E-state index contributed by atoms with van der Waals surface area (Å²) in [6.07, 6.45) is 6.28. The Balaban J connectivity index is 1.36. The molecule has 0 bridgehead atoms. The Hall–Kier alpha value is -2.90. The zero-order valence-electron chi connectivity index (χ0n) is 20.9. The van der Waals surface area contributed by atoms with E-state index in [2.05, 4.69) is 16.7 Å². The number of carbonyl (C=O) groups excluding carboxylic acids is 2. The molecule has 1 aliphatic heterocycles. The molecule has 1 aromatic carbocycles. The summed E-state index contributed by atoms with van der Waals surface area (Å²) < 4.78 is 26.8. The number of nitrogens with one attached hydrogen (secondary N) is 2. The first-order valence-electron chi connectivity index (χ1n) is 12.7. The van der Waals surface area contributed by atoms with Crippen LogP contribution in [0.4, 0.5) is 0 Å². The van der Waals surface area contributed by atoms with E-state index in [1.165, 1.54) is 10.6 Å². The number of carbonyl (C=O) groups is 2. The third kappa shape index (κ3) is 5.90. The molecule has 0 radical (unpaired) electrons. The normalized spacial score (nSPS) is 22.6. The van der Waals surface area contributed by atoms with Gasteiger partial charge in [0.1, 0.15) is 11.7 Å². The predicted molar refractivity (Wildman–Crippen MR) is 137 cm³/mol. The van der Waals surface area contributed by atoms with Crippen LogP contribution < -0.4 is 10.6 Å². The van der Waals surface area contributed by atoms with Gasteiger partial charge >= 0.3 is 0 Å². The Morgan fingerprint density at radius 2 is 1.83 bits per heavy atom. The van der Waals surface area contributed by atoms with E-state index in [1.807, 2.05) is 41.9 Å². The molecule has 9 nitrogen and oxygen atoms in total. The smallest absolute Gasteiger partial charge is 0.268 e. The van der Waals surface area contributed by atoms with Crippen LogP contribution in [0.2, 0.25) is 0 Å². The van der Waals surface area contributed by atoms with Crippen molar-refractivity contribution in [3.05, 3.63) is 36.0 Å². The summed E-state index contributed by atoms with van der Waals surface area (Å²) in [7, 11) is -1.34. The zero-order chi connectivity index (χ0) is 25.9. The van der Waals surface area contributed by atoms with Crippen LogP contribution in [0.5, 0.6) is 0 Å². The highest BCUT2D eigenvalue weighted by Gasteiger charge is 2.34. The van der Waals surface area contributed by atoms with Gasteiger partial charge in [0.05, 0.1) is 18.2 Å². The van der Waals surface area contributed by atoms with Gasteiger partial charge in [-0.2, -0.15) is 5.26 Å². The molecule has 10 heteroatoms. The number of hydrogen-bond donors (Lipinski definition) is 2. The molecule has 3 atom stereocenters. The lowest BCUT2D eigenvalue weighted by Crippen LogP contribution is -2.50.